The van der Waals surface area contributed by atoms with Crippen LogP contribution in [-0.2, 0) is 0 Å². The van der Waals surface area contributed by atoms with Gasteiger partial charge in [0, 0.05) is 30.0 Å². The Hall–Kier alpha value is -0.650. The van der Waals surface area contributed by atoms with E-state index in [1.54, 1.807) is 11.8 Å². The van der Waals surface area contributed by atoms with Crippen molar-refractivity contribution in [2.24, 2.45) is 11.7 Å². The van der Waals surface area contributed by atoms with Crippen LogP contribution < -0.4 is 5.73 Å². The highest BCUT2D eigenvalue weighted by atomic mass is 32.2. The average Bonchev–Trinajstić information content (AvgIpc) is 2.28. The molecule has 0 bridgehead atoms. The maximum absolute atomic E-state index is 13.4. The van der Waals surface area contributed by atoms with Crippen molar-refractivity contribution in [2.45, 2.75) is 13.0 Å². The zero-order valence-corrected chi connectivity index (χ0v) is 10.5. The Morgan fingerprint density at radius 3 is 2.65 bits per heavy atom. The molecule has 3 N–H and O–H groups in total. The van der Waals surface area contributed by atoms with E-state index >= 15 is 0 Å². The monoisotopic (exact) mass is 261 g/mol. The SMILES string of the molecule is CC(CO)CSCC(N)c1ccc(F)cc1F. The molecule has 17 heavy (non-hydrogen) atoms. The largest absolute Gasteiger partial charge is 0.396 e. The molecule has 0 spiro atoms. The number of benzene rings is 1. The third-order valence-corrected chi connectivity index (χ3v) is 3.77. The van der Waals surface area contributed by atoms with Crippen LogP contribution in [0.3, 0.4) is 0 Å². The van der Waals surface area contributed by atoms with Crippen molar-refractivity contribution in [3.05, 3.63) is 35.4 Å². The van der Waals surface area contributed by atoms with Crippen molar-refractivity contribution in [3.8, 4) is 0 Å². The lowest BCUT2D eigenvalue weighted by Crippen LogP contribution is -2.16. The predicted octanol–water partition coefficient (Wildman–Crippen LogP) is 2.33. The molecule has 0 saturated carbocycles. The maximum atomic E-state index is 13.4. The summed E-state index contributed by atoms with van der Waals surface area (Å²) in [5.74, 6) is 0.318. The third-order valence-electron chi connectivity index (χ3n) is 2.37. The molecule has 0 aliphatic carbocycles. The van der Waals surface area contributed by atoms with E-state index in [-0.39, 0.29) is 12.5 Å². The van der Waals surface area contributed by atoms with Gasteiger partial charge in [-0.25, -0.2) is 8.78 Å². The van der Waals surface area contributed by atoms with Gasteiger partial charge in [0.2, 0.25) is 0 Å². The highest BCUT2D eigenvalue weighted by Gasteiger charge is 2.12. The van der Waals surface area contributed by atoms with Crippen LogP contribution in [0.15, 0.2) is 18.2 Å². The second kappa shape index (κ2) is 6.93. The van der Waals surface area contributed by atoms with Crippen LogP contribution >= 0.6 is 11.8 Å². The summed E-state index contributed by atoms with van der Waals surface area (Å²) in [6, 6.07) is 2.98. The van der Waals surface area contributed by atoms with E-state index in [9.17, 15) is 8.78 Å². The highest BCUT2D eigenvalue weighted by Crippen LogP contribution is 2.21. The number of hydrogen-bond acceptors (Lipinski definition) is 3. The zero-order valence-electron chi connectivity index (χ0n) is 9.70. The molecule has 0 aliphatic heterocycles. The molecule has 2 unspecified atom stereocenters. The lowest BCUT2D eigenvalue weighted by atomic mass is 10.1. The standard InChI is InChI=1S/C12H17F2NOS/c1-8(5-16)6-17-7-12(15)10-3-2-9(13)4-11(10)14/h2-4,8,12,16H,5-7,15H2,1H3. The molecule has 0 aromatic heterocycles. The van der Waals surface area contributed by atoms with Gasteiger partial charge in [-0.05, 0) is 17.7 Å². The minimum absolute atomic E-state index is 0.132. The number of aliphatic hydroxyl groups excluding tert-OH is 1. The molecule has 0 fully saturated rings. The first-order valence-electron chi connectivity index (χ1n) is 5.43. The lowest BCUT2D eigenvalue weighted by molar-refractivity contribution is 0.250. The molecular weight excluding hydrogens is 244 g/mol. The highest BCUT2D eigenvalue weighted by molar-refractivity contribution is 7.99. The van der Waals surface area contributed by atoms with Crippen LogP contribution in [0, 0.1) is 17.6 Å². The second-order valence-corrected chi connectivity index (χ2v) is 5.17. The fraction of sp³-hybridized carbons (Fsp3) is 0.500. The van der Waals surface area contributed by atoms with Gasteiger partial charge >= 0.3 is 0 Å². The summed E-state index contributed by atoms with van der Waals surface area (Å²) in [5, 5.41) is 8.85. The number of hydrogen-bond donors (Lipinski definition) is 2. The van der Waals surface area contributed by atoms with Crippen LogP contribution in [0.5, 0.6) is 0 Å². The van der Waals surface area contributed by atoms with Crippen molar-refractivity contribution in [1.82, 2.24) is 0 Å². The summed E-state index contributed by atoms with van der Waals surface area (Å²) in [7, 11) is 0. The van der Waals surface area contributed by atoms with Crippen LogP contribution in [0.4, 0.5) is 8.78 Å². The first-order valence-corrected chi connectivity index (χ1v) is 6.59. The molecule has 0 saturated heterocycles. The summed E-state index contributed by atoms with van der Waals surface area (Å²) in [5.41, 5.74) is 6.16. The molecule has 0 amide bonds. The van der Waals surface area contributed by atoms with Gasteiger partial charge in [0.15, 0.2) is 0 Å². The molecule has 1 aromatic carbocycles. The summed E-state index contributed by atoms with van der Waals surface area (Å²) >= 11 is 1.56. The van der Waals surface area contributed by atoms with E-state index in [0.29, 0.717) is 11.3 Å². The van der Waals surface area contributed by atoms with Gasteiger partial charge in [0.05, 0.1) is 0 Å². The summed E-state index contributed by atoms with van der Waals surface area (Å²) in [4.78, 5) is 0. The molecular formula is C12H17F2NOS. The Bertz CT molecular complexity index is 362. The Labute approximate surface area is 104 Å². The molecule has 0 heterocycles. The number of nitrogens with two attached hydrogens (primary N) is 1. The van der Waals surface area contributed by atoms with Crippen molar-refractivity contribution in [2.75, 3.05) is 18.1 Å². The molecule has 0 radical (unpaired) electrons. The van der Waals surface area contributed by atoms with Gasteiger partial charge in [0.1, 0.15) is 11.6 Å². The maximum Gasteiger partial charge on any atom is 0.130 e. The van der Waals surface area contributed by atoms with E-state index in [2.05, 4.69) is 0 Å². The normalized spacial score (nSPS) is 14.6. The zero-order chi connectivity index (χ0) is 12.8. The van der Waals surface area contributed by atoms with Gasteiger partial charge in [-0.15, -0.1) is 0 Å². The summed E-state index contributed by atoms with van der Waals surface area (Å²) in [6.07, 6.45) is 0. The quantitative estimate of drug-likeness (QED) is 0.826. The predicted molar refractivity (Wildman–Crippen MR) is 66.9 cm³/mol. The van der Waals surface area contributed by atoms with E-state index in [4.69, 9.17) is 10.8 Å². The summed E-state index contributed by atoms with van der Waals surface area (Å²) < 4.78 is 26.1. The first-order chi connectivity index (χ1) is 8.04. The van der Waals surface area contributed by atoms with Crippen LogP contribution in [0.25, 0.3) is 0 Å². The topological polar surface area (TPSA) is 46.2 Å². The summed E-state index contributed by atoms with van der Waals surface area (Å²) in [6.45, 7) is 2.06. The minimum atomic E-state index is -0.603. The van der Waals surface area contributed by atoms with Crippen molar-refractivity contribution in [3.63, 3.8) is 0 Å². The molecule has 2 atom stereocenters. The molecule has 2 nitrogen and oxygen atoms in total. The molecule has 96 valence electrons. The molecule has 0 aliphatic rings. The first kappa shape index (κ1) is 14.4. The van der Waals surface area contributed by atoms with Crippen LogP contribution in [0.2, 0.25) is 0 Å². The van der Waals surface area contributed by atoms with Crippen molar-refractivity contribution < 1.29 is 13.9 Å². The van der Waals surface area contributed by atoms with Gasteiger partial charge in [0.25, 0.3) is 0 Å². The van der Waals surface area contributed by atoms with Gasteiger partial charge in [-0.2, -0.15) is 11.8 Å². The van der Waals surface area contributed by atoms with Crippen LogP contribution in [0.1, 0.15) is 18.5 Å². The molecule has 5 heteroatoms. The fourth-order valence-corrected chi connectivity index (χ4v) is 2.42. The average molecular weight is 261 g/mol. The smallest absolute Gasteiger partial charge is 0.130 e. The Morgan fingerprint density at radius 1 is 1.35 bits per heavy atom. The number of halogens is 2. The van der Waals surface area contributed by atoms with Gasteiger partial charge < -0.3 is 10.8 Å². The number of rotatable bonds is 6. The van der Waals surface area contributed by atoms with E-state index in [0.717, 1.165) is 11.8 Å². The van der Waals surface area contributed by atoms with Crippen LogP contribution in [-0.4, -0.2) is 23.2 Å². The van der Waals surface area contributed by atoms with Gasteiger partial charge in [-0.3, -0.25) is 0 Å². The van der Waals surface area contributed by atoms with E-state index in [1.165, 1.54) is 12.1 Å². The number of thioether (sulfide) groups is 1. The lowest BCUT2D eigenvalue weighted by Gasteiger charge is -2.14. The van der Waals surface area contributed by atoms with Gasteiger partial charge in [-0.1, -0.05) is 13.0 Å². The van der Waals surface area contributed by atoms with Crippen molar-refractivity contribution in [1.29, 1.82) is 0 Å². The van der Waals surface area contributed by atoms with E-state index in [1.807, 2.05) is 6.92 Å². The molecule has 1 rings (SSSR count). The number of aliphatic hydroxyl groups is 1. The third kappa shape index (κ3) is 4.61. The Kier molecular flexibility index (Phi) is 5.88. The Balaban J connectivity index is 2.49. The fourth-order valence-electron chi connectivity index (χ4n) is 1.34. The van der Waals surface area contributed by atoms with Crippen molar-refractivity contribution >= 4 is 11.8 Å². The Morgan fingerprint density at radius 2 is 2.06 bits per heavy atom. The van der Waals surface area contributed by atoms with E-state index < -0.39 is 17.7 Å². The second-order valence-electron chi connectivity index (χ2n) is 4.10. The molecule has 1 aromatic rings. The minimum Gasteiger partial charge on any atom is -0.396 e.